The summed E-state index contributed by atoms with van der Waals surface area (Å²) in [5.74, 6) is -2.10. The van der Waals surface area contributed by atoms with E-state index in [2.05, 4.69) is 20.1 Å². The van der Waals surface area contributed by atoms with Gasteiger partial charge in [-0.1, -0.05) is 45.3 Å². The summed E-state index contributed by atoms with van der Waals surface area (Å²) in [5.41, 5.74) is -1.81. The summed E-state index contributed by atoms with van der Waals surface area (Å²) in [6, 6.07) is -0.762. The Morgan fingerprint density at radius 2 is 1.89 bits per heavy atom. The molecule has 2 bridgehead atoms. The van der Waals surface area contributed by atoms with E-state index in [1.807, 2.05) is 6.92 Å². The number of carbonyl (C=O) groups excluding carboxylic acids is 3. The lowest BCUT2D eigenvalue weighted by atomic mass is 9.65. The Hall–Kier alpha value is -2.19. The van der Waals surface area contributed by atoms with Crippen LogP contribution in [0.1, 0.15) is 84.5 Å². The predicted molar refractivity (Wildman–Crippen MR) is 146 cm³/mol. The molecule has 8 nitrogen and oxygen atoms in total. The van der Waals surface area contributed by atoms with E-state index in [1.54, 1.807) is 22.0 Å². The number of fused-ring (bicyclic) bond motifs is 1. The van der Waals surface area contributed by atoms with Gasteiger partial charge < -0.3 is 24.4 Å². The molecule has 2 unspecified atom stereocenters. The largest absolute Gasteiger partial charge is 0.465 e. The smallest absolute Gasteiger partial charge is 0.312 e. The Morgan fingerprint density at radius 1 is 1.13 bits per heavy atom. The average molecular weight is 533 g/mol. The summed E-state index contributed by atoms with van der Waals surface area (Å²) in [7, 11) is 0. The maximum atomic E-state index is 14.2. The molecular weight excluding hydrogens is 484 g/mol. The Bertz CT molecular complexity index is 862. The van der Waals surface area contributed by atoms with Crippen LogP contribution in [-0.2, 0) is 23.9 Å². The fraction of sp³-hybridized carbons (Fsp3) is 0.767. The molecule has 0 aromatic rings. The number of allylic oxidation sites excluding steroid dienone is 1. The fourth-order valence-electron chi connectivity index (χ4n) is 6.80. The third-order valence-corrected chi connectivity index (χ3v) is 8.72. The molecule has 214 valence electrons. The van der Waals surface area contributed by atoms with Gasteiger partial charge in [0.1, 0.15) is 17.6 Å². The second-order valence-corrected chi connectivity index (χ2v) is 11.0. The summed E-state index contributed by atoms with van der Waals surface area (Å²) in [6.07, 6.45) is 11.7. The Kier molecular flexibility index (Phi) is 11.0. The second kappa shape index (κ2) is 13.7. The number of unbranched alkanes of at least 4 members (excludes halogenated alkanes) is 5. The van der Waals surface area contributed by atoms with E-state index in [0.717, 1.165) is 44.9 Å². The van der Waals surface area contributed by atoms with Crippen LogP contribution >= 0.6 is 0 Å². The van der Waals surface area contributed by atoms with Crippen molar-refractivity contribution in [3.8, 4) is 0 Å². The van der Waals surface area contributed by atoms with E-state index in [4.69, 9.17) is 14.6 Å². The van der Waals surface area contributed by atoms with Crippen LogP contribution < -0.4 is 0 Å². The summed E-state index contributed by atoms with van der Waals surface area (Å²) in [4.78, 5) is 45.4. The maximum absolute atomic E-state index is 14.2. The molecule has 0 aromatic heterocycles. The summed E-state index contributed by atoms with van der Waals surface area (Å²) >= 11 is 0. The molecule has 3 aliphatic heterocycles. The maximum Gasteiger partial charge on any atom is 0.312 e. The van der Waals surface area contributed by atoms with Gasteiger partial charge in [-0.05, 0) is 51.4 Å². The van der Waals surface area contributed by atoms with Crippen LogP contribution in [0.2, 0.25) is 0 Å². The number of aliphatic hydroxyl groups is 1. The predicted octanol–water partition coefficient (Wildman–Crippen LogP) is 4.02. The van der Waals surface area contributed by atoms with Gasteiger partial charge in [-0.2, -0.15) is 0 Å². The highest BCUT2D eigenvalue weighted by molar-refractivity contribution is 5.98. The fourth-order valence-corrected chi connectivity index (χ4v) is 6.80. The lowest BCUT2D eigenvalue weighted by Gasteiger charge is -2.37. The molecular formula is C30H48N2O6. The molecule has 8 heteroatoms. The Morgan fingerprint density at radius 3 is 2.55 bits per heavy atom. The van der Waals surface area contributed by atoms with Crippen molar-refractivity contribution in [1.29, 1.82) is 0 Å². The lowest BCUT2D eigenvalue weighted by Crippen LogP contribution is -2.56. The molecule has 0 saturated carbocycles. The number of esters is 1. The van der Waals surface area contributed by atoms with Crippen LogP contribution in [0.25, 0.3) is 0 Å². The SMILES string of the molecule is C=CCCCOC(=O)[C@@H]1[C@H]2C(=O)N(CCCCCCO)C(C(=O)N(CC=C)CCCC)C23CC[C@@]1(CC)O3. The molecule has 1 N–H and O–H groups in total. The van der Waals surface area contributed by atoms with Crippen LogP contribution in [0, 0.1) is 11.8 Å². The van der Waals surface area contributed by atoms with Crippen LogP contribution in [0.3, 0.4) is 0 Å². The number of rotatable bonds is 18. The zero-order valence-electron chi connectivity index (χ0n) is 23.5. The van der Waals surface area contributed by atoms with Gasteiger partial charge >= 0.3 is 5.97 Å². The van der Waals surface area contributed by atoms with Crippen molar-refractivity contribution < 1.29 is 29.0 Å². The van der Waals surface area contributed by atoms with Gasteiger partial charge in [-0.15, -0.1) is 13.2 Å². The first-order valence-corrected chi connectivity index (χ1v) is 14.7. The average Bonchev–Trinajstić information content (AvgIpc) is 3.52. The van der Waals surface area contributed by atoms with Gasteiger partial charge in [0, 0.05) is 26.2 Å². The minimum Gasteiger partial charge on any atom is -0.465 e. The molecule has 2 amide bonds. The Labute approximate surface area is 228 Å². The highest BCUT2D eigenvalue weighted by Gasteiger charge is 2.79. The second-order valence-electron chi connectivity index (χ2n) is 11.0. The van der Waals surface area contributed by atoms with Gasteiger partial charge in [-0.25, -0.2) is 0 Å². The highest BCUT2D eigenvalue weighted by Crippen LogP contribution is 2.64. The topological polar surface area (TPSA) is 96.4 Å². The third-order valence-electron chi connectivity index (χ3n) is 8.72. The van der Waals surface area contributed by atoms with Crippen molar-refractivity contribution in [1.82, 2.24) is 9.80 Å². The zero-order valence-corrected chi connectivity index (χ0v) is 23.5. The van der Waals surface area contributed by atoms with Crippen molar-refractivity contribution in [3.05, 3.63) is 25.3 Å². The molecule has 3 fully saturated rings. The molecule has 3 heterocycles. The Balaban J connectivity index is 1.95. The molecule has 5 atom stereocenters. The minimum atomic E-state index is -1.02. The van der Waals surface area contributed by atoms with Gasteiger partial charge in [-0.3, -0.25) is 14.4 Å². The van der Waals surface area contributed by atoms with Crippen molar-refractivity contribution in [2.45, 2.75) is 102 Å². The molecule has 3 saturated heterocycles. The van der Waals surface area contributed by atoms with Crippen molar-refractivity contribution in [3.63, 3.8) is 0 Å². The number of hydrogen-bond acceptors (Lipinski definition) is 6. The zero-order chi connectivity index (χ0) is 27.8. The first kappa shape index (κ1) is 30.4. The van der Waals surface area contributed by atoms with Gasteiger partial charge in [0.15, 0.2) is 0 Å². The molecule has 0 aromatic carbocycles. The standard InChI is InChI=1S/C30H48N2O6/c1-5-9-15-22-37-28(36)24-23-26(34)32(20-13-11-12-14-21-33)25(27(35)31(18-7-3)19-10-6-2)30(23)17-16-29(24,8-4)38-30/h5,7,23-25,33H,1,3,6,8-22H2,2,4H3/t23-,24-,25?,29+,30?/m0/s1. The quantitative estimate of drug-likeness (QED) is 0.163. The van der Waals surface area contributed by atoms with Crippen LogP contribution in [-0.4, -0.2) is 82.8 Å². The molecule has 0 aliphatic carbocycles. The van der Waals surface area contributed by atoms with Crippen LogP contribution in [0.15, 0.2) is 25.3 Å². The number of hydrogen-bond donors (Lipinski definition) is 1. The van der Waals surface area contributed by atoms with Gasteiger partial charge in [0.05, 0.1) is 18.1 Å². The lowest BCUT2D eigenvalue weighted by molar-refractivity contribution is -0.162. The summed E-state index contributed by atoms with van der Waals surface area (Å²) in [5, 5.41) is 9.13. The van der Waals surface area contributed by atoms with E-state index in [0.29, 0.717) is 45.3 Å². The number of likely N-dealkylation sites (tertiary alicyclic amines) is 1. The number of carbonyl (C=O) groups is 3. The number of ether oxygens (including phenoxy) is 2. The van der Waals surface area contributed by atoms with Crippen molar-refractivity contribution in [2.24, 2.45) is 11.8 Å². The van der Waals surface area contributed by atoms with Crippen molar-refractivity contribution in [2.75, 3.05) is 32.8 Å². The molecule has 38 heavy (non-hydrogen) atoms. The van der Waals surface area contributed by atoms with Gasteiger partial charge in [0.25, 0.3) is 0 Å². The van der Waals surface area contributed by atoms with E-state index in [-0.39, 0.29) is 31.0 Å². The number of nitrogens with zero attached hydrogens (tertiary/aromatic N) is 2. The summed E-state index contributed by atoms with van der Waals surface area (Å²) in [6.45, 7) is 13.5. The molecule has 3 rings (SSSR count). The van der Waals surface area contributed by atoms with E-state index >= 15 is 0 Å². The molecule has 3 aliphatic rings. The summed E-state index contributed by atoms with van der Waals surface area (Å²) < 4.78 is 12.5. The van der Waals surface area contributed by atoms with Crippen LogP contribution in [0.4, 0.5) is 0 Å². The van der Waals surface area contributed by atoms with E-state index in [9.17, 15) is 14.4 Å². The monoisotopic (exact) mass is 532 g/mol. The number of aliphatic hydroxyl groups excluding tert-OH is 1. The highest BCUT2D eigenvalue weighted by atomic mass is 16.6. The molecule has 0 radical (unpaired) electrons. The molecule has 1 spiro atoms. The van der Waals surface area contributed by atoms with Crippen LogP contribution in [0.5, 0.6) is 0 Å². The number of amides is 2. The first-order chi connectivity index (χ1) is 18.4. The van der Waals surface area contributed by atoms with E-state index in [1.165, 1.54) is 0 Å². The normalized spacial score (nSPS) is 29.4. The third kappa shape index (κ3) is 5.71. The van der Waals surface area contributed by atoms with Crippen molar-refractivity contribution >= 4 is 17.8 Å². The first-order valence-electron chi connectivity index (χ1n) is 14.7. The van der Waals surface area contributed by atoms with E-state index < -0.39 is 29.1 Å². The van der Waals surface area contributed by atoms with Gasteiger partial charge in [0.2, 0.25) is 11.8 Å². The minimum absolute atomic E-state index is 0.114.